The first-order valence-electron chi connectivity index (χ1n) is 25.7. The van der Waals surface area contributed by atoms with E-state index >= 15 is 0 Å². The average Bonchev–Trinajstić information content (AvgIpc) is 4.23. The molecule has 1 fully saturated rings. The Bertz CT molecular complexity index is 2800. The van der Waals surface area contributed by atoms with Gasteiger partial charge < -0.3 is 69.3 Å². The second-order valence-corrected chi connectivity index (χ2v) is 19.6. The molecule has 426 valence electrons. The number of rotatable bonds is 31. The SMILES string of the molecule is CCCCC(C(=O)N[C@@H](CS)C(=O)N[C@H](C)C(=O)N[C@@H](Cc1cnc[nH]1)C(=O)N[C@H](Cc1ccccc1)C(=O)N[C@@H](CCCNC(=N)N)C(=O)N[C@@H](Cc1c[nH]c2ccccc12)C(=O)N[C@@H](CS)C(N)=O)N1C(=O)N[C@H](C)C1=O. The van der Waals surface area contributed by atoms with Crippen molar-refractivity contribution >= 4 is 101 Å². The van der Waals surface area contributed by atoms with Gasteiger partial charge in [-0.1, -0.05) is 68.3 Å². The number of nitrogens with two attached hydrogens (primary N) is 2. The molecule has 2 aromatic carbocycles. The van der Waals surface area contributed by atoms with Crippen LogP contribution in [0.1, 0.15) is 69.7 Å². The number of para-hydroxylation sites is 1. The first-order valence-corrected chi connectivity index (χ1v) is 26.9. The molecule has 4 aromatic rings. The van der Waals surface area contributed by atoms with Crippen molar-refractivity contribution in [3.8, 4) is 0 Å². The molecule has 1 aliphatic heterocycles. The normalized spacial score (nSPS) is 16.1. The number of urea groups is 1. The fraction of sp³-hybridized carbons (Fsp3) is 0.451. The number of benzene rings is 2. The number of primary amides is 1. The average molecular weight is 1130 g/mol. The molecule has 0 spiro atoms. The molecule has 16 N–H and O–H groups in total. The standard InChI is InChI=1S/C51H70N16O10S2/c1-4-5-17-40(67-49(76)28(3)60-51(67)77)48(75)66-39(25-79)47(74)59-27(2)42(69)62-37(21-31-23-55-26-58-31)46(73)63-35(19-29-12-7-6-8-13-29)44(71)61-34(16-11-18-56-50(53)54)43(70)64-36(45(72)65-38(24-78)41(52)68)20-30-22-57-33-15-10-9-14-32(30)33/h6-10,12-15,22-23,26-28,34-40,57,78-79H,4-5,11,16-21,24-25H2,1-3H3,(H2,52,68)(H,55,58)(H,59,74)(H,60,77)(H,61,71)(H,62,69)(H,63,73)(H,64,70)(H,65,72)(H,66,75)(H4,53,54,56)/t27-,28-,34+,35-,36+,37+,38+,39+,40?/m1/s1. The maximum Gasteiger partial charge on any atom is 0.325 e. The molecule has 3 heterocycles. The summed E-state index contributed by atoms with van der Waals surface area (Å²) in [5, 5.41) is 32.0. The van der Waals surface area contributed by atoms with Crippen molar-refractivity contribution in [2.45, 2.75) is 127 Å². The number of nitrogens with one attached hydrogen (secondary N) is 12. The number of H-pyrrole nitrogens is 2. The van der Waals surface area contributed by atoms with E-state index in [-0.39, 0.29) is 62.5 Å². The van der Waals surface area contributed by atoms with Crippen molar-refractivity contribution in [2.24, 2.45) is 11.5 Å². The van der Waals surface area contributed by atoms with E-state index in [1.54, 1.807) is 42.6 Å². The first-order chi connectivity index (χ1) is 37.7. The molecule has 9 atom stereocenters. The van der Waals surface area contributed by atoms with Gasteiger partial charge in [0, 0.05) is 66.3 Å². The van der Waals surface area contributed by atoms with Crippen molar-refractivity contribution < 1.29 is 47.9 Å². The van der Waals surface area contributed by atoms with Gasteiger partial charge in [0.1, 0.15) is 54.4 Å². The number of guanidine groups is 1. The molecule has 1 aliphatic rings. The number of carbonyl (C=O) groups is 10. The van der Waals surface area contributed by atoms with Crippen LogP contribution in [0.5, 0.6) is 0 Å². The van der Waals surface area contributed by atoms with Gasteiger partial charge in [-0.3, -0.25) is 48.6 Å². The molecule has 26 nitrogen and oxygen atoms in total. The van der Waals surface area contributed by atoms with Crippen LogP contribution < -0.4 is 59.3 Å². The molecule has 2 aromatic heterocycles. The number of thiol groups is 2. The lowest BCUT2D eigenvalue weighted by atomic mass is 10.0. The molecule has 0 aliphatic carbocycles. The van der Waals surface area contributed by atoms with Crippen molar-refractivity contribution in [1.82, 2.24) is 67.7 Å². The van der Waals surface area contributed by atoms with Crippen molar-refractivity contribution in [1.29, 1.82) is 5.41 Å². The van der Waals surface area contributed by atoms with Gasteiger partial charge in [0.2, 0.25) is 47.3 Å². The van der Waals surface area contributed by atoms with Crippen LogP contribution >= 0.6 is 25.3 Å². The summed E-state index contributed by atoms with van der Waals surface area (Å²) in [5.41, 5.74) is 13.4. The second-order valence-electron chi connectivity index (χ2n) is 18.9. The molecule has 28 heteroatoms. The van der Waals surface area contributed by atoms with Crippen molar-refractivity contribution in [3.63, 3.8) is 0 Å². The highest BCUT2D eigenvalue weighted by molar-refractivity contribution is 7.80. The zero-order valence-corrected chi connectivity index (χ0v) is 45.7. The number of imidazole rings is 1. The number of carbonyl (C=O) groups excluding carboxylic acids is 10. The van der Waals surface area contributed by atoms with E-state index in [1.807, 2.05) is 25.1 Å². The van der Waals surface area contributed by atoms with E-state index in [1.165, 1.54) is 26.4 Å². The Labute approximate surface area is 466 Å². The molecular weight excluding hydrogens is 1060 g/mol. The van der Waals surface area contributed by atoms with Crippen LogP contribution in [-0.4, -0.2) is 157 Å². The van der Waals surface area contributed by atoms with Crippen LogP contribution in [0.4, 0.5) is 4.79 Å². The number of hydrogen-bond acceptors (Lipinski definition) is 14. The van der Waals surface area contributed by atoms with Gasteiger partial charge in [-0.15, -0.1) is 0 Å². The predicted molar refractivity (Wildman–Crippen MR) is 298 cm³/mol. The Morgan fingerprint density at radius 3 is 1.85 bits per heavy atom. The number of aromatic amines is 2. The van der Waals surface area contributed by atoms with Gasteiger partial charge in [-0.2, -0.15) is 25.3 Å². The van der Waals surface area contributed by atoms with E-state index in [0.29, 0.717) is 29.7 Å². The fourth-order valence-electron chi connectivity index (χ4n) is 8.54. The van der Waals surface area contributed by atoms with Gasteiger partial charge in [0.05, 0.1) is 6.33 Å². The van der Waals surface area contributed by atoms with Gasteiger partial charge in [0.15, 0.2) is 5.96 Å². The Balaban J connectivity index is 1.37. The highest BCUT2D eigenvalue weighted by Gasteiger charge is 2.43. The number of hydrogen-bond donors (Lipinski definition) is 16. The quantitative estimate of drug-likeness (QED) is 0.00893. The Morgan fingerprint density at radius 2 is 1.25 bits per heavy atom. The topological polar surface area (TPSA) is 403 Å². The first kappa shape index (κ1) is 61.7. The largest absolute Gasteiger partial charge is 0.370 e. The monoisotopic (exact) mass is 1130 g/mol. The highest BCUT2D eigenvalue weighted by atomic mass is 32.1. The molecule has 0 radical (unpaired) electrons. The fourth-order valence-corrected chi connectivity index (χ4v) is 9.07. The van der Waals surface area contributed by atoms with Gasteiger partial charge in [-0.25, -0.2) is 14.7 Å². The third-order valence-electron chi connectivity index (χ3n) is 12.9. The number of nitrogens with zero attached hydrogens (tertiary/aromatic N) is 2. The number of unbranched alkanes of at least 4 members (excludes halogenated alkanes) is 1. The van der Waals surface area contributed by atoms with Crippen LogP contribution in [0.25, 0.3) is 10.9 Å². The highest BCUT2D eigenvalue weighted by Crippen LogP contribution is 2.20. The lowest BCUT2D eigenvalue weighted by Gasteiger charge is -2.28. The van der Waals surface area contributed by atoms with E-state index in [2.05, 4.69) is 88.1 Å². The molecule has 0 bridgehead atoms. The zero-order valence-electron chi connectivity index (χ0n) is 43.9. The summed E-state index contributed by atoms with van der Waals surface area (Å²) in [5.74, 6) is -7.94. The second kappa shape index (κ2) is 30.1. The molecular formula is C51H70N16O10S2. The molecule has 11 amide bonds. The minimum Gasteiger partial charge on any atom is -0.370 e. The van der Waals surface area contributed by atoms with Crippen molar-refractivity contribution in [2.75, 3.05) is 18.1 Å². The summed E-state index contributed by atoms with van der Waals surface area (Å²) in [4.78, 5) is 147. The van der Waals surface area contributed by atoms with Gasteiger partial charge in [0.25, 0.3) is 5.91 Å². The summed E-state index contributed by atoms with van der Waals surface area (Å²) in [6.45, 7) is 4.80. The predicted octanol–water partition coefficient (Wildman–Crippen LogP) is -1.56. The number of amides is 11. The lowest BCUT2D eigenvalue weighted by molar-refractivity contribution is -0.137. The molecule has 0 saturated carbocycles. The molecule has 1 saturated heterocycles. The Kier molecular flexibility index (Phi) is 23.5. The third kappa shape index (κ3) is 18.0. The smallest absolute Gasteiger partial charge is 0.325 e. The van der Waals surface area contributed by atoms with E-state index in [4.69, 9.17) is 16.9 Å². The van der Waals surface area contributed by atoms with Crippen LogP contribution in [-0.2, 0) is 62.4 Å². The molecule has 79 heavy (non-hydrogen) atoms. The van der Waals surface area contributed by atoms with Crippen LogP contribution in [0.2, 0.25) is 0 Å². The minimum absolute atomic E-state index is 0.0697. The maximum absolute atomic E-state index is 14.7. The lowest BCUT2D eigenvalue weighted by Crippen LogP contribution is -2.61. The van der Waals surface area contributed by atoms with Crippen LogP contribution in [0.15, 0.2) is 73.3 Å². The van der Waals surface area contributed by atoms with Crippen molar-refractivity contribution in [3.05, 3.63) is 90.1 Å². The van der Waals surface area contributed by atoms with E-state index in [9.17, 15) is 47.9 Å². The summed E-state index contributed by atoms with van der Waals surface area (Å²) in [6.07, 6.45) is 5.43. The Morgan fingerprint density at radius 1 is 0.684 bits per heavy atom. The van der Waals surface area contributed by atoms with Gasteiger partial charge >= 0.3 is 6.03 Å². The van der Waals surface area contributed by atoms with Gasteiger partial charge in [-0.05, 0) is 50.3 Å². The van der Waals surface area contributed by atoms with E-state index in [0.717, 1.165) is 15.8 Å². The maximum atomic E-state index is 14.7. The minimum atomic E-state index is -1.42. The summed E-state index contributed by atoms with van der Waals surface area (Å²) in [7, 11) is 0. The number of fused-ring (bicyclic) bond motifs is 1. The third-order valence-corrected chi connectivity index (χ3v) is 13.6. The van der Waals surface area contributed by atoms with Crippen LogP contribution in [0.3, 0.4) is 0 Å². The number of aromatic nitrogens is 3. The summed E-state index contributed by atoms with van der Waals surface area (Å²) >= 11 is 8.39. The zero-order chi connectivity index (χ0) is 57.8. The molecule has 5 rings (SSSR count). The Hall–Kier alpha value is -8.14. The number of imide groups is 1. The van der Waals surface area contributed by atoms with Crippen LogP contribution in [0, 0.1) is 5.41 Å². The van der Waals surface area contributed by atoms with E-state index < -0.39 is 114 Å². The summed E-state index contributed by atoms with van der Waals surface area (Å²) in [6, 6.07) is 3.67. The molecule has 1 unspecified atom stereocenters. The summed E-state index contributed by atoms with van der Waals surface area (Å²) < 4.78 is 0.